The van der Waals surface area contributed by atoms with Crippen LogP contribution in [-0.2, 0) is 24.7 Å². The van der Waals surface area contributed by atoms with Crippen molar-refractivity contribution in [3.63, 3.8) is 0 Å². The van der Waals surface area contributed by atoms with E-state index in [4.69, 9.17) is 4.74 Å². The van der Waals surface area contributed by atoms with E-state index in [-0.39, 0.29) is 5.91 Å². The molecule has 0 N–H and O–H groups in total. The Morgan fingerprint density at radius 1 is 1.28 bits per heavy atom. The fourth-order valence-corrected chi connectivity index (χ4v) is 3.75. The SMILES string of the molecule is COc1cccc2c1CCCCN2C(=O)CCc1c(C)nn(C)c1C. The Hall–Kier alpha value is -2.30. The standard InChI is InChI=1S/C20H27N3O2/c1-14-16(15(2)22(3)21-14)11-12-20(24)23-13-6-5-8-17-18(23)9-7-10-19(17)25-4/h7,9-10H,5-6,8,11-13H2,1-4H3. The van der Waals surface area contributed by atoms with E-state index >= 15 is 0 Å². The van der Waals surface area contributed by atoms with E-state index in [1.807, 2.05) is 41.8 Å². The van der Waals surface area contributed by atoms with Gasteiger partial charge in [0.15, 0.2) is 0 Å². The summed E-state index contributed by atoms with van der Waals surface area (Å²) in [5.41, 5.74) is 5.52. The number of carbonyl (C=O) groups excluding carboxylic acids is 1. The molecular formula is C20H27N3O2. The van der Waals surface area contributed by atoms with Gasteiger partial charge in [-0.2, -0.15) is 5.10 Å². The number of fused-ring (bicyclic) bond motifs is 1. The van der Waals surface area contributed by atoms with E-state index in [0.29, 0.717) is 6.42 Å². The largest absolute Gasteiger partial charge is 0.496 e. The first-order valence-corrected chi connectivity index (χ1v) is 8.98. The third-order valence-electron chi connectivity index (χ3n) is 5.23. The smallest absolute Gasteiger partial charge is 0.227 e. The summed E-state index contributed by atoms with van der Waals surface area (Å²) in [6.45, 7) is 4.86. The second kappa shape index (κ2) is 7.30. The van der Waals surface area contributed by atoms with Crippen molar-refractivity contribution in [2.75, 3.05) is 18.6 Å². The van der Waals surface area contributed by atoms with Crippen molar-refractivity contribution in [2.45, 2.75) is 46.0 Å². The molecule has 0 fully saturated rings. The molecule has 2 heterocycles. The summed E-state index contributed by atoms with van der Waals surface area (Å²) in [7, 11) is 3.64. The molecule has 0 atom stereocenters. The summed E-state index contributed by atoms with van der Waals surface area (Å²) in [4.78, 5) is 14.9. The minimum absolute atomic E-state index is 0.180. The molecule has 1 aliphatic rings. The maximum Gasteiger partial charge on any atom is 0.227 e. The minimum atomic E-state index is 0.180. The van der Waals surface area contributed by atoms with Crippen LogP contribution in [0, 0.1) is 13.8 Å². The molecule has 0 saturated heterocycles. The normalized spacial score (nSPS) is 14.2. The maximum absolute atomic E-state index is 13.0. The molecule has 1 aliphatic heterocycles. The van der Waals surface area contributed by atoms with Crippen LogP contribution in [0.15, 0.2) is 18.2 Å². The predicted molar refractivity (Wildman–Crippen MR) is 99.3 cm³/mol. The summed E-state index contributed by atoms with van der Waals surface area (Å²) < 4.78 is 7.40. The van der Waals surface area contributed by atoms with Gasteiger partial charge in [-0.25, -0.2) is 0 Å². The van der Waals surface area contributed by atoms with Gasteiger partial charge in [0.05, 0.1) is 18.5 Å². The molecule has 2 aromatic rings. The lowest BCUT2D eigenvalue weighted by molar-refractivity contribution is -0.118. The number of amides is 1. The minimum Gasteiger partial charge on any atom is -0.496 e. The molecule has 1 aromatic carbocycles. The van der Waals surface area contributed by atoms with Gasteiger partial charge in [0, 0.05) is 31.3 Å². The van der Waals surface area contributed by atoms with Crippen molar-refractivity contribution < 1.29 is 9.53 Å². The highest BCUT2D eigenvalue weighted by atomic mass is 16.5. The maximum atomic E-state index is 13.0. The lowest BCUT2D eigenvalue weighted by atomic mass is 10.1. The Balaban J connectivity index is 1.81. The van der Waals surface area contributed by atoms with E-state index in [1.165, 1.54) is 5.56 Å². The van der Waals surface area contributed by atoms with Crippen molar-refractivity contribution in [1.29, 1.82) is 0 Å². The molecule has 0 radical (unpaired) electrons. The number of carbonyl (C=O) groups is 1. The van der Waals surface area contributed by atoms with Crippen LogP contribution in [-0.4, -0.2) is 29.3 Å². The first-order chi connectivity index (χ1) is 12.0. The Labute approximate surface area is 149 Å². The Morgan fingerprint density at radius 3 is 2.76 bits per heavy atom. The van der Waals surface area contributed by atoms with Crippen LogP contribution < -0.4 is 9.64 Å². The third kappa shape index (κ3) is 3.41. The van der Waals surface area contributed by atoms with Crippen LogP contribution >= 0.6 is 0 Å². The van der Waals surface area contributed by atoms with Crippen molar-refractivity contribution in [3.8, 4) is 5.75 Å². The number of aryl methyl sites for hydroxylation is 2. The van der Waals surface area contributed by atoms with Crippen LogP contribution in [0.5, 0.6) is 5.75 Å². The average Bonchev–Trinajstić information content (AvgIpc) is 2.78. The molecule has 25 heavy (non-hydrogen) atoms. The lowest BCUT2D eigenvalue weighted by Gasteiger charge is -2.24. The lowest BCUT2D eigenvalue weighted by Crippen LogP contribution is -2.32. The van der Waals surface area contributed by atoms with Gasteiger partial charge in [0.25, 0.3) is 0 Å². The molecule has 0 saturated carbocycles. The zero-order valence-electron chi connectivity index (χ0n) is 15.6. The van der Waals surface area contributed by atoms with E-state index in [9.17, 15) is 4.79 Å². The first-order valence-electron chi connectivity index (χ1n) is 8.98. The fraction of sp³-hybridized carbons (Fsp3) is 0.500. The molecule has 0 bridgehead atoms. The highest BCUT2D eigenvalue weighted by molar-refractivity contribution is 5.94. The van der Waals surface area contributed by atoms with E-state index in [1.54, 1.807) is 7.11 Å². The van der Waals surface area contributed by atoms with Gasteiger partial charge in [0.1, 0.15) is 5.75 Å². The van der Waals surface area contributed by atoms with Gasteiger partial charge in [-0.05, 0) is 57.2 Å². The average molecular weight is 341 g/mol. The van der Waals surface area contributed by atoms with Gasteiger partial charge in [0.2, 0.25) is 5.91 Å². The predicted octanol–water partition coefficient (Wildman–Crippen LogP) is 3.35. The van der Waals surface area contributed by atoms with Gasteiger partial charge in [-0.15, -0.1) is 0 Å². The van der Waals surface area contributed by atoms with Crippen molar-refractivity contribution >= 4 is 11.6 Å². The van der Waals surface area contributed by atoms with Gasteiger partial charge in [-0.3, -0.25) is 9.48 Å². The van der Waals surface area contributed by atoms with Gasteiger partial charge in [-0.1, -0.05) is 6.07 Å². The van der Waals surface area contributed by atoms with Crippen LogP contribution in [0.3, 0.4) is 0 Å². The summed E-state index contributed by atoms with van der Waals surface area (Å²) in [6, 6.07) is 6.00. The zero-order chi connectivity index (χ0) is 18.0. The van der Waals surface area contributed by atoms with E-state index < -0.39 is 0 Å². The van der Waals surface area contributed by atoms with Crippen LogP contribution in [0.1, 0.15) is 41.8 Å². The molecule has 1 aromatic heterocycles. The van der Waals surface area contributed by atoms with Gasteiger partial charge >= 0.3 is 0 Å². The van der Waals surface area contributed by atoms with Crippen molar-refractivity contribution in [3.05, 3.63) is 40.7 Å². The number of aromatic nitrogens is 2. The third-order valence-corrected chi connectivity index (χ3v) is 5.23. The van der Waals surface area contributed by atoms with Crippen LogP contribution in [0.2, 0.25) is 0 Å². The highest BCUT2D eigenvalue weighted by Gasteiger charge is 2.23. The Kier molecular flexibility index (Phi) is 5.11. The number of anilines is 1. The number of methoxy groups -OCH3 is 1. The summed E-state index contributed by atoms with van der Waals surface area (Å²) in [5.74, 6) is 1.07. The molecule has 3 rings (SSSR count). The molecule has 5 nitrogen and oxygen atoms in total. The second-order valence-corrected chi connectivity index (χ2v) is 6.73. The van der Waals surface area contributed by atoms with E-state index in [2.05, 4.69) is 12.0 Å². The Morgan fingerprint density at radius 2 is 2.08 bits per heavy atom. The Bertz CT molecular complexity index is 779. The van der Waals surface area contributed by atoms with E-state index in [0.717, 1.165) is 60.6 Å². The number of benzene rings is 1. The summed E-state index contributed by atoms with van der Waals surface area (Å²) in [6.07, 6.45) is 4.31. The fourth-order valence-electron chi connectivity index (χ4n) is 3.75. The molecule has 0 spiro atoms. The molecule has 134 valence electrons. The monoisotopic (exact) mass is 341 g/mol. The first kappa shape index (κ1) is 17.5. The number of hydrogen-bond acceptors (Lipinski definition) is 3. The number of rotatable bonds is 4. The molecule has 0 aliphatic carbocycles. The highest BCUT2D eigenvalue weighted by Crippen LogP contribution is 2.34. The van der Waals surface area contributed by atoms with Crippen LogP contribution in [0.4, 0.5) is 5.69 Å². The number of hydrogen-bond donors (Lipinski definition) is 0. The summed E-state index contributed by atoms with van der Waals surface area (Å²) in [5, 5.41) is 4.45. The van der Waals surface area contributed by atoms with Crippen molar-refractivity contribution in [2.24, 2.45) is 7.05 Å². The summed E-state index contributed by atoms with van der Waals surface area (Å²) >= 11 is 0. The van der Waals surface area contributed by atoms with Crippen LogP contribution in [0.25, 0.3) is 0 Å². The van der Waals surface area contributed by atoms with Crippen molar-refractivity contribution in [1.82, 2.24) is 9.78 Å². The number of ether oxygens (including phenoxy) is 1. The molecule has 5 heteroatoms. The molecule has 0 unspecified atom stereocenters. The van der Waals surface area contributed by atoms with Gasteiger partial charge < -0.3 is 9.64 Å². The topological polar surface area (TPSA) is 47.4 Å². The molecular weight excluding hydrogens is 314 g/mol. The quantitative estimate of drug-likeness (QED) is 0.857. The number of nitrogens with zero attached hydrogens (tertiary/aromatic N) is 3. The zero-order valence-corrected chi connectivity index (χ0v) is 15.6. The molecule has 1 amide bonds. The second-order valence-electron chi connectivity index (χ2n) is 6.73.